The van der Waals surface area contributed by atoms with Crippen LogP contribution in [0.4, 0.5) is 10.5 Å². The van der Waals surface area contributed by atoms with Gasteiger partial charge in [0.2, 0.25) is 11.8 Å². The van der Waals surface area contributed by atoms with E-state index in [4.69, 9.17) is 0 Å². The Bertz CT molecular complexity index is 658. The maximum atomic E-state index is 12.4. The zero-order valence-electron chi connectivity index (χ0n) is 15.7. The van der Waals surface area contributed by atoms with Gasteiger partial charge in [0, 0.05) is 44.8 Å². The molecule has 0 bridgehead atoms. The molecule has 146 valence electrons. The van der Waals surface area contributed by atoms with Gasteiger partial charge in [-0.2, -0.15) is 0 Å². The third-order valence-electron chi connectivity index (χ3n) is 5.20. The zero-order valence-corrected chi connectivity index (χ0v) is 15.7. The molecule has 2 heterocycles. The summed E-state index contributed by atoms with van der Waals surface area (Å²) in [6, 6.07) is 9.12. The van der Waals surface area contributed by atoms with Crippen LogP contribution < -0.4 is 10.6 Å². The summed E-state index contributed by atoms with van der Waals surface area (Å²) in [5.41, 5.74) is 0.745. The number of nitrogens with one attached hydrogen (secondary N) is 2. The lowest BCUT2D eigenvalue weighted by atomic mass is 9.97. The summed E-state index contributed by atoms with van der Waals surface area (Å²) in [4.78, 5) is 40.4. The number of urea groups is 1. The number of hydrogen-bond donors (Lipinski definition) is 2. The Kier molecular flexibility index (Phi) is 6.68. The number of likely N-dealkylation sites (tertiary alicyclic amines) is 2. The van der Waals surface area contributed by atoms with E-state index in [-0.39, 0.29) is 23.8 Å². The number of rotatable bonds is 5. The molecule has 0 aromatic heterocycles. The second-order valence-corrected chi connectivity index (χ2v) is 7.21. The van der Waals surface area contributed by atoms with E-state index in [9.17, 15) is 14.4 Å². The van der Waals surface area contributed by atoms with Crippen LogP contribution >= 0.6 is 0 Å². The summed E-state index contributed by atoms with van der Waals surface area (Å²) >= 11 is 0. The van der Waals surface area contributed by atoms with Crippen molar-refractivity contribution in [1.82, 2.24) is 15.1 Å². The maximum Gasteiger partial charge on any atom is 0.321 e. The van der Waals surface area contributed by atoms with Crippen molar-refractivity contribution in [3.8, 4) is 0 Å². The van der Waals surface area contributed by atoms with Crippen LogP contribution in [0.3, 0.4) is 0 Å². The van der Waals surface area contributed by atoms with Crippen LogP contribution in [0.25, 0.3) is 0 Å². The van der Waals surface area contributed by atoms with Crippen molar-refractivity contribution in [3.05, 3.63) is 30.3 Å². The Morgan fingerprint density at radius 2 is 1.67 bits per heavy atom. The van der Waals surface area contributed by atoms with E-state index in [1.165, 1.54) is 0 Å². The maximum absolute atomic E-state index is 12.4. The smallest absolute Gasteiger partial charge is 0.321 e. The molecule has 1 aromatic carbocycles. The molecule has 2 N–H and O–H groups in total. The number of carbonyl (C=O) groups excluding carboxylic acids is 3. The van der Waals surface area contributed by atoms with Gasteiger partial charge in [-0.25, -0.2) is 4.79 Å². The SMILES string of the molecule is O=C(NCCC(=O)N1CCCC1)C1CCCN(C(=O)Nc2ccccc2)C1. The van der Waals surface area contributed by atoms with Crippen LogP contribution in [-0.2, 0) is 9.59 Å². The first kappa shape index (κ1) is 19.2. The highest BCUT2D eigenvalue weighted by atomic mass is 16.2. The van der Waals surface area contributed by atoms with E-state index in [0.717, 1.165) is 44.5 Å². The highest BCUT2D eigenvalue weighted by Gasteiger charge is 2.28. The van der Waals surface area contributed by atoms with Gasteiger partial charge in [-0.1, -0.05) is 18.2 Å². The molecule has 2 saturated heterocycles. The van der Waals surface area contributed by atoms with Gasteiger partial charge in [0.25, 0.3) is 0 Å². The topological polar surface area (TPSA) is 81.8 Å². The van der Waals surface area contributed by atoms with E-state index in [2.05, 4.69) is 10.6 Å². The van der Waals surface area contributed by atoms with Crippen molar-refractivity contribution in [1.29, 1.82) is 0 Å². The van der Waals surface area contributed by atoms with Crippen molar-refractivity contribution >= 4 is 23.5 Å². The lowest BCUT2D eigenvalue weighted by Gasteiger charge is -2.32. The molecule has 0 spiro atoms. The average molecular weight is 372 g/mol. The molecule has 4 amide bonds. The van der Waals surface area contributed by atoms with Gasteiger partial charge >= 0.3 is 6.03 Å². The molecule has 1 aromatic rings. The molecule has 2 fully saturated rings. The number of nitrogens with zero attached hydrogens (tertiary/aromatic N) is 2. The first-order valence-corrected chi connectivity index (χ1v) is 9.80. The largest absolute Gasteiger partial charge is 0.355 e. The summed E-state index contributed by atoms with van der Waals surface area (Å²) in [6.45, 7) is 3.09. The van der Waals surface area contributed by atoms with Gasteiger partial charge in [0.15, 0.2) is 0 Å². The molecule has 1 unspecified atom stereocenters. The van der Waals surface area contributed by atoms with Gasteiger partial charge in [-0.15, -0.1) is 0 Å². The lowest BCUT2D eigenvalue weighted by Crippen LogP contribution is -2.47. The summed E-state index contributed by atoms with van der Waals surface area (Å²) in [5, 5.41) is 5.74. The highest BCUT2D eigenvalue weighted by molar-refractivity contribution is 5.90. The standard InChI is InChI=1S/C20H28N4O3/c25-18(23-12-4-5-13-23)10-11-21-19(26)16-7-6-14-24(15-16)20(27)22-17-8-2-1-3-9-17/h1-3,8-9,16H,4-7,10-15H2,(H,21,26)(H,22,27). The number of benzene rings is 1. The number of hydrogen-bond acceptors (Lipinski definition) is 3. The Morgan fingerprint density at radius 3 is 2.41 bits per heavy atom. The van der Waals surface area contributed by atoms with Gasteiger partial charge in [-0.3, -0.25) is 9.59 Å². The Morgan fingerprint density at radius 1 is 0.963 bits per heavy atom. The monoisotopic (exact) mass is 372 g/mol. The minimum absolute atomic E-state index is 0.0681. The summed E-state index contributed by atoms with van der Waals surface area (Å²) in [7, 11) is 0. The molecule has 1 atom stereocenters. The summed E-state index contributed by atoms with van der Waals surface area (Å²) < 4.78 is 0. The predicted octanol–water partition coefficient (Wildman–Crippen LogP) is 2.06. The van der Waals surface area contributed by atoms with Gasteiger partial charge in [0.05, 0.1) is 5.92 Å². The fraction of sp³-hybridized carbons (Fsp3) is 0.550. The predicted molar refractivity (Wildman–Crippen MR) is 103 cm³/mol. The molecule has 2 aliphatic rings. The number of para-hydroxylation sites is 1. The fourth-order valence-electron chi connectivity index (χ4n) is 3.66. The number of carbonyl (C=O) groups is 3. The van der Waals surface area contributed by atoms with Gasteiger partial charge in [0.1, 0.15) is 0 Å². The van der Waals surface area contributed by atoms with Gasteiger partial charge in [-0.05, 0) is 37.8 Å². The fourth-order valence-corrected chi connectivity index (χ4v) is 3.66. The molecule has 0 aliphatic carbocycles. The highest BCUT2D eigenvalue weighted by Crippen LogP contribution is 2.18. The Balaban J connectivity index is 1.42. The van der Waals surface area contributed by atoms with Crippen LogP contribution in [0.2, 0.25) is 0 Å². The first-order chi connectivity index (χ1) is 13.1. The molecule has 2 aliphatic heterocycles. The second-order valence-electron chi connectivity index (χ2n) is 7.21. The number of anilines is 1. The molecule has 27 heavy (non-hydrogen) atoms. The van der Waals surface area contributed by atoms with Gasteiger partial charge < -0.3 is 20.4 Å². The molecule has 7 heteroatoms. The zero-order chi connectivity index (χ0) is 19.1. The third kappa shape index (κ3) is 5.45. The van der Waals surface area contributed by atoms with Crippen molar-refractivity contribution in [2.45, 2.75) is 32.1 Å². The Hall–Kier alpha value is -2.57. The quantitative estimate of drug-likeness (QED) is 0.830. The number of amides is 4. The molecular weight excluding hydrogens is 344 g/mol. The van der Waals surface area contributed by atoms with Crippen molar-refractivity contribution < 1.29 is 14.4 Å². The van der Waals surface area contributed by atoms with Crippen LogP contribution in [0.1, 0.15) is 32.1 Å². The third-order valence-corrected chi connectivity index (χ3v) is 5.20. The van der Waals surface area contributed by atoms with E-state index in [1.807, 2.05) is 35.2 Å². The average Bonchev–Trinajstić information content (AvgIpc) is 3.23. The molecule has 3 rings (SSSR count). The normalized spacial score (nSPS) is 19.6. The second kappa shape index (κ2) is 9.39. The minimum Gasteiger partial charge on any atom is -0.355 e. The lowest BCUT2D eigenvalue weighted by molar-refractivity contribution is -0.130. The van der Waals surface area contributed by atoms with Crippen LogP contribution in [0, 0.1) is 5.92 Å². The van der Waals surface area contributed by atoms with E-state index < -0.39 is 0 Å². The van der Waals surface area contributed by atoms with E-state index in [1.54, 1.807) is 4.90 Å². The Labute approximate surface area is 160 Å². The summed E-state index contributed by atoms with van der Waals surface area (Å²) in [6.07, 6.45) is 4.05. The molecular formula is C20H28N4O3. The molecule has 0 saturated carbocycles. The first-order valence-electron chi connectivity index (χ1n) is 9.80. The van der Waals surface area contributed by atoms with Crippen molar-refractivity contribution in [2.24, 2.45) is 5.92 Å². The molecule has 7 nitrogen and oxygen atoms in total. The van der Waals surface area contributed by atoms with Crippen LogP contribution in [0.15, 0.2) is 30.3 Å². The summed E-state index contributed by atoms with van der Waals surface area (Å²) in [5.74, 6) is -0.177. The number of piperidine rings is 1. The van der Waals surface area contributed by atoms with Crippen LogP contribution in [0.5, 0.6) is 0 Å². The van der Waals surface area contributed by atoms with E-state index in [0.29, 0.717) is 26.1 Å². The van der Waals surface area contributed by atoms with Crippen molar-refractivity contribution in [2.75, 3.05) is 38.0 Å². The van der Waals surface area contributed by atoms with E-state index >= 15 is 0 Å². The minimum atomic E-state index is -0.220. The van der Waals surface area contributed by atoms with Crippen LogP contribution in [-0.4, -0.2) is 60.4 Å². The van der Waals surface area contributed by atoms with Crippen molar-refractivity contribution in [3.63, 3.8) is 0 Å². The molecule has 0 radical (unpaired) electrons.